The fourth-order valence-corrected chi connectivity index (χ4v) is 2.47. The zero-order valence-electron chi connectivity index (χ0n) is 12.4. The highest BCUT2D eigenvalue weighted by atomic mass is 16.6. The predicted molar refractivity (Wildman–Crippen MR) is 78.1 cm³/mol. The lowest BCUT2D eigenvalue weighted by atomic mass is 10.0. The van der Waals surface area contributed by atoms with Gasteiger partial charge in [-0.25, -0.2) is 9.59 Å². The number of likely N-dealkylation sites (tertiary alicyclic amines) is 1. The second-order valence-corrected chi connectivity index (χ2v) is 5.64. The van der Waals surface area contributed by atoms with Gasteiger partial charge in [0.25, 0.3) is 0 Å². The molecule has 114 valence electrons. The highest BCUT2D eigenvalue weighted by Gasteiger charge is 2.34. The first kappa shape index (κ1) is 15.4. The van der Waals surface area contributed by atoms with Crippen molar-refractivity contribution >= 4 is 12.1 Å². The molecule has 1 aliphatic rings. The van der Waals surface area contributed by atoms with E-state index in [1.54, 1.807) is 0 Å². The summed E-state index contributed by atoms with van der Waals surface area (Å²) < 4.78 is 5.22. The van der Waals surface area contributed by atoms with Crippen LogP contribution in [-0.2, 0) is 16.1 Å². The molecule has 1 aliphatic heterocycles. The van der Waals surface area contributed by atoms with Crippen LogP contribution in [0.2, 0.25) is 0 Å². The van der Waals surface area contributed by atoms with E-state index >= 15 is 0 Å². The van der Waals surface area contributed by atoms with Gasteiger partial charge in [0.05, 0.1) is 0 Å². The lowest BCUT2D eigenvalue weighted by Gasteiger charge is -2.20. The van der Waals surface area contributed by atoms with E-state index in [9.17, 15) is 9.59 Å². The van der Waals surface area contributed by atoms with Gasteiger partial charge in [-0.2, -0.15) is 0 Å². The third-order valence-electron chi connectivity index (χ3n) is 3.78. The molecule has 1 aromatic rings. The summed E-state index contributed by atoms with van der Waals surface area (Å²) >= 11 is 0. The maximum Gasteiger partial charge on any atom is 0.410 e. The molecule has 0 saturated carbocycles. The van der Waals surface area contributed by atoms with Crippen molar-refractivity contribution in [1.29, 1.82) is 0 Å². The van der Waals surface area contributed by atoms with Crippen molar-refractivity contribution in [2.75, 3.05) is 6.54 Å². The number of carbonyl (C=O) groups excluding carboxylic acids is 1. The summed E-state index contributed by atoms with van der Waals surface area (Å²) in [4.78, 5) is 24.3. The van der Waals surface area contributed by atoms with Crippen LogP contribution >= 0.6 is 0 Å². The molecule has 1 N–H and O–H groups in total. The van der Waals surface area contributed by atoms with E-state index in [1.807, 2.05) is 24.3 Å². The van der Waals surface area contributed by atoms with Crippen LogP contribution in [0.1, 0.15) is 43.7 Å². The normalized spacial score (nSPS) is 18.0. The second kappa shape index (κ2) is 6.61. The Morgan fingerprint density at radius 1 is 1.33 bits per heavy atom. The summed E-state index contributed by atoms with van der Waals surface area (Å²) in [5.41, 5.74) is 2.13. The second-order valence-electron chi connectivity index (χ2n) is 5.64. The van der Waals surface area contributed by atoms with Crippen LogP contribution in [0.3, 0.4) is 0 Å². The Kier molecular flexibility index (Phi) is 4.83. The number of amides is 1. The lowest BCUT2D eigenvalue weighted by molar-refractivity contribution is -0.141. The molecule has 0 bridgehead atoms. The molecule has 1 saturated heterocycles. The van der Waals surface area contributed by atoms with Gasteiger partial charge in [0, 0.05) is 6.54 Å². The number of hydrogen-bond acceptors (Lipinski definition) is 3. The van der Waals surface area contributed by atoms with Crippen LogP contribution in [-0.4, -0.2) is 34.7 Å². The van der Waals surface area contributed by atoms with Crippen LogP contribution in [0.5, 0.6) is 0 Å². The van der Waals surface area contributed by atoms with E-state index in [0.717, 1.165) is 5.56 Å². The smallest absolute Gasteiger partial charge is 0.410 e. The summed E-state index contributed by atoms with van der Waals surface area (Å²) in [6, 6.07) is 7.15. The van der Waals surface area contributed by atoms with Gasteiger partial charge in [0.1, 0.15) is 12.6 Å². The number of aliphatic carboxylic acids is 1. The number of rotatable bonds is 4. The average Bonchev–Trinajstić information content (AvgIpc) is 2.95. The number of carboxylic acid groups (broad SMARTS) is 1. The van der Waals surface area contributed by atoms with E-state index in [2.05, 4.69) is 13.8 Å². The summed E-state index contributed by atoms with van der Waals surface area (Å²) in [6.07, 6.45) is 0.649. The molecule has 5 heteroatoms. The van der Waals surface area contributed by atoms with Crippen LogP contribution in [0.15, 0.2) is 24.3 Å². The Balaban J connectivity index is 1.90. The lowest BCUT2D eigenvalue weighted by Crippen LogP contribution is -2.40. The third-order valence-corrected chi connectivity index (χ3v) is 3.78. The van der Waals surface area contributed by atoms with Gasteiger partial charge in [-0.15, -0.1) is 0 Å². The molecule has 1 fully saturated rings. The molecule has 0 spiro atoms. The molecule has 1 amide bonds. The van der Waals surface area contributed by atoms with Gasteiger partial charge in [0.15, 0.2) is 0 Å². The van der Waals surface area contributed by atoms with Gasteiger partial charge < -0.3 is 9.84 Å². The molecule has 1 aromatic carbocycles. The summed E-state index contributed by atoms with van der Waals surface area (Å²) in [5, 5.41) is 9.05. The van der Waals surface area contributed by atoms with Crippen molar-refractivity contribution in [2.24, 2.45) is 0 Å². The number of hydrogen-bond donors (Lipinski definition) is 1. The maximum atomic E-state index is 11.9. The molecule has 0 aliphatic carbocycles. The van der Waals surface area contributed by atoms with Crippen molar-refractivity contribution in [2.45, 2.75) is 45.3 Å². The minimum Gasteiger partial charge on any atom is -0.480 e. The fraction of sp³-hybridized carbons (Fsp3) is 0.500. The Hall–Kier alpha value is -2.04. The molecular weight excluding hydrogens is 270 g/mol. The van der Waals surface area contributed by atoms with Gasteiger partial charge >= 0.3 is 12.1 Å². The third kappa shape index (κ3) is 3.74. The Bertz CT molecular complexity index is 510. The minimum absolute atomic E-state index is 0.167. The van der Waals surface area contributed by atoms with Crippen molar-refractivity contribution < 1.29 is 19.4 Å². The molecule has 0 aromatic heterocycles. The largest absolute Gasteiger partial charge is 0.480 e. The van der Waals surface area contributed by atoms with Gasteiger partial charge in [-0.3, -0.25) is 4.90 Å². The zero-order chi connectivity index (χ0) is 15.4. The van der Waals surface area contributed by atoms with Gasteiger partial charge in [-0.1, -0.05) is 38.1 Å². The molecule has 21 heavy (non-hydrogen) atoms. The van der Waals surface area contributed by atoms with E-state index in [1.165, 1.54) is 10.5 Å². The van der Waals surface area contributed by atoms with Crippen molar-refractivity contribution in [3.63, 3.8) is 0 Å². The van der Waals surface area contributed by atoms with Crippen LogP contribution < -0.4 is 0 Å². The predicted octanol–water partition coefficient (Wildman–Crippen LogP) is 3.00. The number of carbonyl (C=O) groups is 2. The van der Waals surface area contributed by atoms with Crippen molar-refractivity contribution in [3.8, 4) is 0 Å². The van der Waals surface area contributed by atoms with E-state index in [0.29, 0.717) is 25.3 Å². The number of ether oxygens (including phenoxy) is 1. The monoisotopic (exact) mass is 291 g/mol. The Morgan fingerprint density at radius 2 is 2.00 bits per heavy atom. The Morgan fingerprint density at radius 3 is 2.57 bits per heavy atom. The van der Waals surface area contributed by atoms with Gasteiger partial charge in [-0.05, 0) is 29.9 Å². The van der Waals surface area contributed by atoms with Crippen LogP contribution in [0.25, 0.3) is 0 Å². The molecule has 1 atom stereocenters. The molecular formula is C16H21NO4. The van der Waals surface area contributed by atoms with E-state index in [4.69, 9.17) is 9.84 Å². The molecule has 1 unspecified atom stereocenters. The van der Waals surface area contributed by atoms with Crippen molar-refractivity contribution in [3.05, 3.63) is 35.4 Å². The first-order valence-corrected chi connectivity index (χ1v) is 7.24. The first-order chi connectivity index (χ1) is 9.99. The molecule has 5 nitrogen and oxygen atoms in total. The zero-order valence-corrected chi connectivity index (χ0v) is 12.4. The Labute approximate surface area is 124 Å². The molecule has 0 radical (unpaired) electrons. The summed E-state index contributed by atoms with van der Waals surface area (Å²) in [7, 11) is 0. The minimum atomic E-state index is -0.967. The van der Waals surface area contributed by atoms with E-state index in [-0.39, 0.29) is 6.61 Å². The van der Waals surface area contributed by atoms with E-state index < -0.39 is 18.1 Å². The van der Waals surface area contributed by atoms with Crippen LogP contribution in [0, 0.1) is 0 Å². The van der Waals surface area contributed by atoms with Gasteiger partial charge in [0.2, 0.25) is 0 Å². The average molecular weight is 291 g/mol. The summed E-state index contributed by atoms with van der Waals surface area (Å²) in [6.45, 7) is 4.85. The van der Waals surface area contributed by atoms with Crippen LogP contribution in [0.4, 0.5) is 4.79 Å². The SMILES string of the molecule is CC(C)c1ccc(COC(=O)N2CCCC2C(=O)O)cc1. The fourth-order valence-electron chi connectivity index (χ4n) is 2.47. The number of benzene rings is 1. The maximum absolute atomic E-state index is 11.9. The molecule has 2 rings (SSSR count). The standard InChI is InChI=1S/C16H21NO4/c1-11(2)13-7-5-12(6-8-13)10-21-16(20)17-9-3-4-14(17)15(18)19/h5-8,11,14H,3-4,9-10H2,1-2H3,(H,18,19). The quantitative estimate of drug-likeness (QED) is 0.926. The summed E-state index contributed by atoms with van der Waals surface area (Å²) in [5.74, 6) is -0.506. The van der Waals surface area contributed by atoms with Crippen molar-refractivity contribution in [1.82, 2.24) is 4.90 Å². The number of carboxylic acids is 1. The topological polar surface area (TPSA) is 66.8 Å². The first-order valence-electron chi connectivity index (χ1n) is 7.24. The molecule has 1 heterocycles. The number of nitrogens with zero attached hydrogens (tertiary/aromatic N) is 1. The highest BCUT2D eigenvalue weighted by molar-refractivity contribution is 5.80. The highest BCUT2D eigenvalue weighted by Crippen LogP contribution is 2.19.